The number of aryl methyl sites for hydroxylation is 3. The average molecular weight is 328 g/mol. The molecule has 0 unspecified atom stereocenters. The van der Waals surface area contributed by atoms with E-state index in [4.69, 9.17) is 0 Å². The van der Waals surface area contributed by atoms with Crippen molar-refractivity contribution in [1.82, 2.24) is 20.6 Å². The van der Waals surface area contributed by atoms with Crippen LogP contribution >= 0.6 is 11.3 Å². The minimum absolute atomic E-state index is 0.183. The van der Waals surface area contributed by atoms with Crippen LogP contribution in [-0.4, -0.2) is 16.0 Å². The van der Waals surface area contributed by atoms with Crippen molar-refractivity contribution in [3.05, 3.63) is 51.1 Å². The van der Waals surface area contributed by atoms with E-state index in [-0.39, 0.29) is 6.03 Å². The lowest BCUT2D eigenvalue weighted by atomic mass is 10.1. The van der Waals surface area contributed by atoms with Gasteiger partial charge in [0, 0.05) is 28.5 Å². The molecule has 3 rings (SSSR count). The number of amides is 2. The van der Waals surface area contributed by atoms with E-state index in [9.17, 15) is 4.79 Å². The Balaban J connectivity index is 1.57. The molecule has 0 saturated carbocycles. The molecule has 0 bridgehead atoms. The van der Waals surface area contributed by atoms with E-state index in [1.165, 1.54) is 16.6 Å². The average Bonchev–Trinajstić information content (AvgIpc) is 3.07. The third-order valence-corrected chi connectivity index (χ3v) is 4.74. The predicted molar refractivity (Wildman–Crippen MR) is 93.7 cm³/mol. The Morgan fingerprint density at radius 2 is 2.00 bits per heavy atom. The molecular formula is C17H20N4OS. The van der Waals surface area contributed by atoms with Crippen molar-refractivity contribution in [3.63, 3.8) is 0 Å². The summed E-state index contributed by atoms with van der Waals surface area (Å²) in [6.45, 7) is 7.08. The van der Waals surface area contributed by atoms with Gasteiger partial charge < -0.3 is 15.6 Å². The fourth-order valence-corrected chi connectivity index (χ4v) is 3.14. The van der Waals surface area contributed by atoms with Gasteiger partial charge in [0.15, 0.2) is 0 Å². The smallest absolute Gasteiger partial charge is 0.315 e. The SMILES string of the molecule is Cc1nc(CNC(=O)NCc2ccc3[nH]c(C)c(C)c3c2)cs1. The number of H-pyrrole nitrogens is 1. The summed E-state index contributed by atoms with van der Waals surface area (Å²) in [7, 11) is 0. The summed E-state index contributed by atoms with van der Waals surface area (Å²) in [6, 6.07) is 6.03. The maximum absolute atomic E-state index is 11.9. The Morgan fingerprint density at radius 3 is 2.74 bits per heavy atom. The number of nitrogens with zero attached hydrogens (tertiary/aromatic N) is 1. The first kappa shape index (κ1) is 15.6. The summed E-state index contributed by atoms with van der Waals surface area (Å²) in [5.41, 5.74) is 5.54. The number of carbonyl (C=O) groups is 1. The molecule has 0 atom stereocenters. The van der Waals surface area contributed by atoms with Gasteiger partial charge in [0.05, 0.1) is 17.2 Å². The first-order valence-electron chi connectivity index (χ1n) is 7.53. The van der Waals surface area contributed by atoms with E-state index in [1.54, 1.807) is 11.3 Å². The van der Waals surface area contributed by atoms with Crippen molar-refractivity contribution in [2.24, 2.45) is 0 Å². The molecule has 6 heteroatoms. The molecule has 3 N–H and O–H groups in total. The highest BCUT2D eigenvalue weighted by Gasteiger charge is 2.06. The predicted octanol–water partition coefficient (Wildman–Crippen LogP) is 3.55. The zero-order valence-electron chi connectivity index (χ0n) is 13.5. The molecule has 0 aliphatic carbocycles. The van der Waals surface area contributed by atoms with Crippen LogP contribution in [0.25, 0.3) is 10.9 Å². The van der Waals surface area contributed by atoms with Crippen LogP contribution in [0, 0.1) is 20.8 Å². The highest BCUT2D eigenvalue weighted by atomic mass is 32.1. The lowest BCUT2D eigenvalue weighted by Gasteiger charge is -2.07. The Labute approximate surface area is 139 Å². The first-order chi connectivity index (χ1) is 11.0. The Bertz CT molecular complexity index is 850. The van der Waals surface area contributed by atoms with E-state index in [2.05, 4.69) is 46.6 Å². The van der Waals surface area contributed by atoms with Crippen molar-refractivity contribution < 1.29 is 4.79 Å². The van der Waals surface area contributed by atoms with Gasteiger partial charge in [-0.1, -0.05) is 6.07 Å². The fraction of sp³-hybridized carbons (Fsp3) is 0.294. The first-order valence-corrected chi connectivity index (χ1v) is 8.41. The van der Waals surface area contributed by atoms with E-state index < -0.39 is 0 Å². The molecular weight excluding hydrogens is 308 g/mol. The molecule has 5 nitrogen and oxygen atoms in total. The van der Waals surface area contributed by atoms with Crippen LogP contribution in [0.15, 0.2) is 23.6 Å². The van der Waals surface area contributed by atoms with Gasteiger partial charge >= 0.3 is 6.03 Å². The molecule has 2 heterocycles. The minimum Gasteiger partial charge on any atom is -0.358 e. The number of rotatable bonds is 4. The zero-order chi connectivity index (χ0) is 16.4. The van der Waals surface area contributed by atoms with Gasteiger partial charge in [-0.2, -0.15) is 0 Å². The molecule has 2 amide bonds. The van der Waals surface area contributed by atoms with Gasteiger partial charge in [0.2, 0.25) is 0 Å². The third kappa shape index (κ3) is 3.53. The van der Waals surface area contributed by atoms with E-state index in [0.29, 0.717) is 13.1 Å². The second kappa shape index (κ2) is 6.42. The minimum atomic E-state index is -0.183. The van der Waals surface area contributed by atoms with Gasteiger partial charge in [-0.15, -0.1) is 11.3 Å². The maximum atomic E-state index is 11.9. The van der Waals surface area contributed by atoms with Crippen LogP contribution in [0.5, 0.6) is 0 Å². The molecule has 23 heavy (non-hydrogen) atoms. The van der Waals surface area contributed by atoms with E-state index in [1.807, 2.05) is 18.4 Å². The Hall–Kier alpha value is -2.34. The van der Waals surface area contributed by atoms with Gasteiger partial charge in [-0.25, -0.2) is 9.78 Å². The van der Waals surface area contributed by atoms with E-state index in [0.717, 1.165) is 21.8 Å². The van der Waals surface area contributed by atoms with Crippen molar-refractivity contribution in [1.29, 1.82) is 0 Å². The van der Waals surface area contributed by atoms with Crippen LogP contribution < -0.4 is 10.6 Å². The number of fused-ring (bicyclic) bond motifs is 1. The molecule has 0 radical (unpaired) electrons. The van der Waals surface area contributed by atoms with Gasteiger partial charge in [-0.3, -0.25) is 0 Å². The number of aromatic nitrogens is 2. The zero-order valence-corrected chi connectivity index (χ0v) is 14.3. The number of nitrogens with one attached hydrogen (secondary N) is 3. The summed E-state index contributed by atoms with van der Waals surface area (Å²) in [4.78, 5) is 19.6. The molecule has 0 aliphatic rings. The van der Waals surface area contributed by atoms with Crippen LogP contribution in [0.2, 0.25) is 0 Å². The van der Waals surface area contributed by atoms with Crippen molar-refractivity contribution in [2.45, 2.75) is 33.9 Å². The van der Waals surface area contributed by atoms with Crippen molar-refractivity contribution >= 4 is 28.3 Å². The van der Waals surface area contributed by atoms with E-state index >= 15 is 0 Å². The maximum Gasteiger partial charge on any atom is 0.315 e. The number of carbonyl (C=O) groups excluding carboxylic acids is 1. The number of thiazole rings is 1. The largest absolute Gasteiger partial charge is 0.358 e. The molecule has 1 aromatic carbocycles. The molecule has 120 valence electrons. The summed E-state index contributed by atoms with van der Waals surface area (Å²) < 4.78 is 0. The quantitative estimate of drug-likeness (QED) is 0.685. The number of urea groups is 1. The van der Waals surface area contributed by atoms with Crippen LogP contribution in [0.3, 0.4) is 0 Å². The molecule has 0 aliphatic heterocycles. The molecule has 3 aromatic rings. The highest BCUT2D eigenvalue weighted by Crippen LogP contribution is 2.22. The van der Waals surface area contributed by atoms with Crippen molar-refractivity contribution in [3.8, 4) is 0 Å². The summed E-state index contributed by atoms with van der Waals surface area (Å²) in [5, 5.41) is 9.88. The van der Waals surface area contributed by atoms with Crippen molar-refractivity contribution in [2.75, 3.05) is 0 Å². The Kier molecular flexibility index (Phi) is 4.34. The van der Waals surface area contributed by atoms with Crippen LogP contribution in [-0.2, 0) is 13.1 Å². The summed E-state index contributed by atoms with van der Waals surface area (Å²) >= 11 is 1.58. The topological polar surface area (TPSA) is 69.8 Å². The standard InChI is InChI=1S/C17H20N4OS/c1-10-11(2)20-16-5-4-13(6-15(10)16)7-18-17(22)19-8-14-9-23-12(3)21-14/h4-6,9,20H,7-8H2,1-3H3,(H2,18,19,22). The summed E-state index contributed by atoms with van der Waals surface area (Å²) in [5.74, 6) is 0. The van der Waals surface area contributed by atoms with Gasteiger partial charge in [0.25, 0.3) is 0 Å². The van der Waals surface area contributed by atoms with Crippen LogP contribution in [0.4, 0.5) is 4.79 Å². The molecule has 0 saturated heterocycles. The Morgan fingerprint density at radius 1 is 1.22 bits per heavy atom. The molecule has 0 spiro atoms. The number of aromatic amines is 1. The number of hydrogen-bond acceptors (Lipinski definition) is 3. The summed E-state index contributed by atoms with van der Waals surface area (Å²) in [6.07, 6.45) is 0. The second-order valence-corrected chi connectivity index (χ2v) is 6.71. The van der Waals surface area contributed by atoms with Gasteiger partial charge in [0.1, 0.15) is 0 Å². The number of hydrogen-bond donors (Lipinski definition) is 3. The van der Waals surface area contributed by atoms with Crippen LogP contribution in [0.1, 0.15) is 27.5 Å². The molecule has 2 aromatic heterocycles. The normalized spacial score (nSPS) is 10.9. The van der Waals surface area contributed by atoms with Gasteiger partial charge in [-0.05, 0) is 44.0 Å². The fourth-order valence-electron chi connectivity index (χ4n) is 2.52. The second-order valence-electron chi connectivity index (χ2n) is 5.65. The third-order valence-electron chi connectivity index (χ3n) is 3.92. The lowest BCUT2D eigenvalue weighted by Crippen LogP contribution is -2.34. The number of benzene rings is 1. The lowest BCUT2D eigenvalue weighted by molar-refractivity contribution is 0.240. The monoisotopic (exact) mass is 328 g/mol. The molecule has 0 fully saturated rings. The highest BCUT2D eigenvalue weighted by molar-refractivity contribution is 7.09.